The highest BCUT2D eigenvalue weighted by Gasteiger charge is 2.48. The van der Waals surface area contributed by atoms with Gasteiger partial charge in [0.1, 0.15) is 6.23 Å². The number of rotatable bonds is 4. The standard InChI is InChI=1S/C12H18ClN3O3/c13-5-2-6-14-7-8-15-10-4-1-3-9(19-10)11(12(14)15)16(17)18/h9-10H,1-8H2. The third-order valence-corrected chi connectivity index (χ3v) is 4.33. The monoisotopic (exact) mass is 287 g/mol. The highest BCUT2D eigenvalue weighted by atomic mass is 35.5. The predicted octanol–water partition coefficient (Wildman–Crippen LogP) is 1.59. The zero-order chi connectivity index (χ0) is 13.4. The summed E-state index contributed by atoms with van der Waals surface area (Å²) in [5.74, 6) is 1.37. The Hall–Kier alpha value is -1.01. The van der Waals surface area contributed by atoms with E-state index in [-0.39, 0.29) is 23.0 Å². The van der Waals surface area contributed by atoms with Crippen LogP contribution >= 0.6 is 11.6 Å². The summed E-state index contributed by atoms with van der Waals surface area (Å²) in [5.41, 5.74) is 0.253. The van der Waals surface area contributed by atoms with Gasteiger partial charge in [-0.15, -0.1) is 11.6 Å². The zero-order valence-corrected chi connectivity index (χ0v) is 11.5. The van der Waals surface area contributed by atoms with Crippen molar-refractivity contribution in [2.75, 3.05) is 25.5 Å². The third-order valence-electron chi connectivity index (χ3n) is 4.06. The summed E-state index contributed by atoms with van der Waals surface area (Å²) in [7, 11) is 0. The Morgan fingerprint density at radius 3 is 3.00 bits per heavy atom. The molecule has 0 aromatic carbocycles. The SMILES string of the molecule is O=[N+]([O-])C1=C2N(CCCCl)CCN2C2CCCC1O2. The number of nitro groups is 1. The smallest absolute Gasteiger partial charge is 0.314 e. The van der Waals surface area contributed by atoms with Gasteiger partial charge in [0, 0.05) is 25.5 Å². The van der Waals surface area contributed by atoms with Crippen LogP contribution in [0.1, 0.15) is 25.7 Å². The summed E-state index contributed by atoms with van der Waals surface area (Å²) >= 11 is 5.73. The molecule has 2 atom stereocenters. The van der Waals surface area contributed by atoms with Gasteiger partial charge in [0.15, 0.2) is 11.9 Å². The summed E-state index contributed by atoms with van der Waals surface area (Å²) in [6.45, 7) is 2.43. The van der Waals surface area contributed by atoms with Crippen molar-refractivity contribution in [3.8, 4) is 0 Å². The van der Waals surface area contributed by atoms with E-state index < -0.39 is 0 Å². The van der Waals surface area contributed by atoms with Crippen molar-refractivity contribution in [2.45, 2.75) is 38.0 Å². The molecular formula is C12H18ClN3O3. The Morgan fingerprint density at radius 1 is 1.42 bits per heavy atom. The molecule has 0 aliphatic carbocycles. The largest absolute Gasteiger partial charge is 0.351 e. The van der Waals surface area contributed by atoms with Gasteiger partial charge in [-0.2, -0.15) is 0 Å². The Morgan fingerprint density at radius 2 is 2.26 bits per heavy atom. The molecule has 2 fully saturated rings. The maximum Gasteiger partial charge on any atom is 0.314 e. The fraction of sp³-hybridized carbons (Fsp3) is 0.833. The van der Waals surface area contributed by atoms with E-state index in [0.717, 1.165) is 51.1 Å². The number of halogens is 1. The lowest BCUT2D eigenvalue weighted by molar-refractivity contribution is -0.448. The van der Waals surface area contributed by atoms with Gasteiger partial charge in [0.05, 0.1) is 4.92 Å². The van der Waals surface area contributed by atoms with Crippen molar-refractivity contribution < 1.29 is 9.66 Å². The minimum Gasteiger partial charge on any atom is -0.351 e. The lowest BCUT2D eigenvalue weighted by Crippen LogP contribution is -2.48. The number of hydrogen-bond acceptors (Lipinski definition) is 5. The molecule has 3 heterocycles. The highest BCUT2D eigenvalue weighted by molar-refractivity contribution is 6.17. The van der Waals surface area contributed by atoms with Crippen molar-refractivity contribution in [3.63, 3.8) is 0 Å². The number of hydrogen-bond donors (Lipinski definition) is 0. The first-order chi connectivity index (χ1) is 9.22. The summed E-state index contributed by atoms with van der Waals surface area (Å²) in [5, 5.41) is 11.4. The second kappa shape index (κ2) is 5.17. The molecule has 6 nitrogen and oxygen atoms in total. The van der Waals surface area contributed by atoms with Crippen molar-refractivity contribution in [1.82, 2.24) is 9.80 Å². The lowest BCUT2D eigenvalue weighted by Gasteiger charge is -2.41. The van der Waals surface area contributed by atoms with E-state index in [1.165, 1.54) is 0 Å². The first-order valence-electron chi connectivity index (χ1n) is 6.84. The van der Waals surface area contributed by atoms with Crippen LogP contribution in [-0.2, 0) is 4.74 Å². The average molecular weight is 288 g/mol. The first-order valence-corrected chi connectivity index (χ1v) is 7.37. The maximum absolute atomic E-state index is 11.4. The summed E-state index contributed by atoms with van der Waals surface area (Å²) in [6.07, 6.45) is 3.26. The molecule has 2 saturated heterocycles. The molecular weight excluding hydrogens is 270 g/mol. The molecule has 3 aliphatic rings. The molecule has 2 unspecified atom stereocenters. The molecule has 2 bridgehead atoms. The minimum absolute atomic E-state index is 0.0263. The number of ether oxygens (including phenoxy) is 1. The normalized spacial score (nSPS) is 29.7. The number of fused-ring (bicyclic) bond motifs is 4. The van der Waals surface area contributed by atoms with Crippen LogP contribution in [0.2, 0.25) is 0 Å². The number of nitrogens with zero attached hydrogens (tertiary/aromatic N) is 3. The third kappa shape index (κ3) is 2.17. The molecule has 3 aliphatic heterocycles. The molecule has 0 amide bonds. The summed E-state index contributed by atoms with van der Waals surface area (Å²) < 4.78 is 5.84. The van der Waals surface area contributed by atoms with Gasteiger partial charge in [-0.05, 0) is 25.7 Å². The summed E-state index contributed by atoms with van der Waals surface area (Å²) in [4.78, 5) is 15.3. The van der Waals surface area contributed by atoms with E-state index in [2.05, 4.69) is 9.80 Å². The zero-order valence-electron chi connectivity index (χ0n) is 10.8. The average Bonchev–Trinajstić information content (AvgIpc) is 2.80. The quantitative estimate of drug-likeness (QED) is 0.446. The lowest BCUT2D eigenvalue weighted by atomic mass is 10.0. The minimum atomic E-state index is -0.336. The van der Waals surface area contributed by atoms with Crippen LogP contribution in [0.15, 0.2) is 11.5 Å². The van der Waals surface area contributed by atoms with E-state index in [1.807, 2.05) is 0 Å². The topological polar surface area (TPSA) is 58.9 Å². The van der Waals surface area contributed by atoms with E-state index in [4.69, 9.17) is 16.3 Å². The Kier molecular flexibility index (Phi) is 3.54. The van der Waals surface area contributed by atoms with Gasteiger partial charge in [-0.1, -0.05) is 0 Å². The van der Waals surface area contributed by atoms with Crippen LogP contribution in [0.3, 0.4) is 0 Å². The first kappa shape index (κ1) is 13.0. The fourth-order valence-corrected chi connectivity index (χ4v) is 3.38. The van der Waals surface area contributed by atoms with Gasteiger partial charge < -0.3 is 14.5 Å². The molecule has 19 heavy (non-hydrogen) atoms. The van der Waals surface area contributed by atoms with Crippen LogP contribution in [0.4, 0.5) is 0 Å². The van der Waals surface area contributed by atoms with Crippen molar-refractivity contribution >= 4 is 11.6 Å². The molecule has 0 aromatic rings. The van der Waals surface area contributed by atoms with Gasteiger partial charge in [-0.3, -0.25) is 10.1 Å². The molecule has 0 N–H and O–H groups in total. The van der Waals surface area contributed by atoms with Crippen LogP contribution in [0, 0.1) is 10.1 Å². The molecule has 0 aromatic heterocycles. The second-order valence-electron chi connectivity index (χ2n) is 5.20. The second-order valence-corrected chi connectivity index (χ2v) is 5.58. The van der Waals surface area contributed by atoms with Crippen LogP contribution in [0.25, 0.3) is 0 Å². The molecule has 0 saturated carbocycles. The van der Waals surface area contributed by atoms with E-state index >= 15 is 0 Å². The van der Waals surface area contributed by atoms with Gasteiger partial charge >= 0.3 is 5.70 Å². The van der Waals surface area contributed by atoms with E-state index in [0.29, 0.717) is 5.88 Å². The highest BCUT2D eigenvalue weighted by Crippen LogP contribution is 2.39. The van der Waals surface area contributed by atoms with Crippen molar-refractivity contribution in [2.24, 2.45) is 0 Å². The summed E-state index contributed by atoms with van der Waals surface area (Å²) in [6, 6.07) is 0. The van der Waals surface area contributed by atoms with Gasteiger partial charge in [-0.25, -0.2) is 0 Å². The number of alkyl halides is 1. The van der Waals surface area contributed by atoms with E-state index in [1.54, 1.807) is 0 Å². The van der Waals surface area contributed by atoms with Crippen LogP contribution < -0.4 is 0 Å². The van der Waals surface area contributed by atoms with Gasteiger partial charge in [0.25, 0.3) is 0 Å². The Labute approximate surface area is 117 Å². The molecule has 3 rings (SSSR count). The fourth-order valence-electron chi connectivity index (χ4n) is 3.26. The van der Waals surface area contributed by atoms with Crippen LogP contribution in [0.5, 0.6) is 0 Å². The Bertz CT molecular complexity index is 415. The molecule has 7 heteroatoms. The Balaban J connectivity index is 1.95. The van der Waals surface area contributed by atoms with Gasteiger partial charge in [0.2, 0.25) is 0 Å². The molecule has 0 spiro atoms. The van der Waals surface area contributed by atoms with Crippen LogP contribution in [-0.4, -0.2) is 52.6 Å². The molecule has 0 radical (unpaired) electrons. The maximum atomic E-state index is 11.4. The molecule has 106 valence electrons. The van der Waals surface area contributed by atoms with Crippen molar-refractivity contribution in [1.29, 1.82) is 0 Å². The van der Waals surface area contributed by atoms with E-state index in [9.17, 15) is 10.1 Å². The predicted molar refractivity (Wildman–Crippen MR) is 70.1 cm³/mol. The van der Waals surface area contributed by atoms with Crippen molar-refractivity contribution in [3.05, 3.63) is 21.6 Å².